The number of rotatable bonds is 9. The lowest BCUT2D eigenvalue weighted by Gasteiger charge is -2.33. The molecular formula is C27H32N2O5. The fourth-order valence-corrected chi connectivity index (χ4v) is 3.87. The number of aryl methyl sites for hydroxylation is 1. The molecule has 180 valence electrons. The smallest absolute Gasteiger partial charge is 0.331 e. The number of hydrogen-bond acceptors (Lipinski definition) is 5. The number of benzene rings is 1. The number of carboxylic acids is 1. The lowest BCUT2D eigenvalue weighted by Crippen LogP contribution is -2.43. The maximum atomic E-state index is 12.6. The summed E-state index contributed by atoms with van der Waals surface area (Å²) in [6, 6.07) is 4.36. The number of aliphatic carboxylic acids is 1. The number of fused-ring (bicyclic) bond motifs is 1. The number of oxazole rings is 1. The molecule has 1 aromatic carbocycles. The van der Waals surface area contributed by atoms with E-state index in [-0.39, 0.29) is 0 Å². The van der Waals surface area contributed by atoms with Crippen LogP contribution < -0.4 is 4.74 Å². The van der Waals surface area contributed by atoms with Crippen LogP contribution in [0.1, 0.15) is 74.0 Å². The standard InChI is InChI=1S/C27H32N2O5/c1-4-6-8-10-24-28-23(19(3)34-24)15-17-33-21-13-12-20-14-16-29(25(30)11-9-7-5-2)26(27(31)32)22(20)18-21/h8,10,12-13,18,26H,4-7,14-17H2,1-3H3,(H,31,32)/b10-8+. The third kappa shape index (κ3) is 6.28. The van der Waals surface area contributed by atoms with Crippen molar-refractivity contribution in [1.82, 2.24) is 9.88 Å². The number of carbonyl (C=O) groups is 2. The monoisotopic (exact) mass is 464 g/mol. The van der Waals surface area contributed by atoms with Crippen molar-refractivity contribution in [2.24, 2.45) is 0 Å². The van der Waals surface area contributed by atoms with Crippen LogP contribution in [-0.4, -0.2) is 40.0 Å². The van der Waals surface area contributed by atoms with Crippen LogP contribution in [-0.2, 0) is 22.4 Å². The van der Waals surface area contributed by atoms with Gasteiger partial charge in [-0.05, 0) is 61.4 Å². The Hall–Kier alpha value is -3.53. The predicted octanol–water partition coefficient (Wildman–Crippen LogP) is 4.73. The average molecular weight is 465 g/mol. The number of carboxylic acid groups (broad SMARTS) is 1. The molecule has 0 saturated heterocycles. The molecule has 1 aliphatic heterocycles. The fourth-order valence-electron chi connectivity index (χ4n) is 3.87. The normalized spacial score (nSPS) is 15.0. The zero-order chi connectivity index (χ0) is 24.5. The second-order valence-electron chi connectivity index (χ2n) is 8.25. The van der Waals surface area contributed by atoms with Crippen molar-refractivity contribution in [3.8, 4) is 17.6 Å². The molecule has 0 radical (unpaired) electrons. The van der Waals surface area contributed by atoms with Gasteiger partial charge in [0.05, 0.1) is 12.3 Å². The van der Waals surface area contributed by atoms with Gasteiger partial charge in [0.2, 0.25) is 5.89 Å². The molecule has 0 fully saturated rings. The van der Waals surface area contributed by atoms with Crippen LogP contribution in [0.15, 0.2) is 28.7 Å². The maximum Gasteiger partial charge on any atom is 0.331 e. The molecular weight excluding hydrogens is 432 g/mol. The lowest BCUT2D eigenvalue weighted by molar-refractivity contribution is -0.149. The Balaban J connectivity index is 1.70. The van der Waals surface area contributed by atoms with E-state index >= 15 is 0 Å². The third-order valence-electron chi connectivity index (χ3n) is 5.64. The van der Waals surface area contributed by atoms with E-state index in [4.69, 9.17) is 9.15 Å². The van der Waals surface area contributed by atoms with Gasteiger partial charge in [0, 0.05) is 19.4 Å². The molecule has 1 unspecified atom stereocenters. The Morgan fingerprint density at radius 1 is 1.32 bits per heavy atom. The van der Waals surface area contributed by atoms with Crippen LogP contribution in [0.4, 0.5) is 0 Å². The highest BCUT2D eigenvalue weighted by atomic mass is 16.5. The molecule has 0 saturated carbocycles. The van der Waals surface area contributed by atoms with Gasteiger partial charge in [-0.2, -0.15) is 0 Å². The van der Waals surface area contributed by atoms with Crippen LogP contribution in [0, 0.1) is 18.8 Å². The minimum absolute atomic E-state index is 0.324. The Labute approximate surface area is 200 Å². The first kappa shape index (κ1) is 25.1. The van der Waals surface area contributed by atoms with E-state index in [1.54, 1.807) is 6.07 Å². The molecule has 3 rings (SSSR count). The summed E-state index contributed by atoms with van der Waals surface area (Å²) < 4.78 is 11.6. The average Bonchev–Trinajstić information content (AvgIpc) is 3.17. The molecule has 1 atom stereocenters. The first-order chi connectivity index (χ1) is 16.4. The van der Waals surface area contributed by atoms with Crippen molar-refractivity contribution in [3.63, 3.8) is 0 Å². The number of hydrogen-bond donors (Lipinski definition) is 1. The van der Waals surface area contributed by atoms with Crippen molar-refractivity contribution < 1.29 is 23.8 Å². The van der Waals surface area contributed by atoms with Gasteiger partial charge in [0.1, 0.15) is 11.5 Å². The maximum absolute atomic E-state index is 12.6. The second-order valence-corrected chi connectivity index (χ2v) is 8.25. The molecule has 0 aliphatic carbocycles. The van der Waals surface area contributed by atoms with Crippen molar-refractivity contribution in [2.75, 3.05) is 13.2 Å². The van der Waals surface area contributed by atoms with Crippen molar-refractivity contribution in [1.29, 1.82) is 0 Å². The molecule has 7 heteroatoms. The minimum Gasteiger partial charge on any atom is -0.493 e. The first-order valence-electron chi connectivity index (χ1n) is 11.8. The van der Waals surface area contributed by atoms with E-state index in [0.717, 1.165) is 36.3 Å². The van der Waals surface area contributed by atoms with Gasteiger partial charge in [0.15, 0.2) is 6.04 Å². The summed E-state index contributed by atoms with van der Waals surface area (Å²) in [5.74, 6) is 5.77. The van der Waals surface area contributed by atoms with E-state index in [2.05, 4.69) is 23.7 Å². The van der Waals surface area contributed by atoms with Gasteiger partial charge in [0.25, 0.3) is 5.91 Å². The number of unbranched alkanes of at least 4 members (excludes halogenated alkanes) is 2. The summed E-state index contributed by atoms with van der Waals surface area (Å²) in [7, 11) is 0. The number of amides is 1. The molecule has 0 bridgehead atoms. The highest BCUT2D eigenvalue weighted by molar-refractivity contribution is 5.96. The van der Waals surface area contributed by atoms with Crippen LogP contribution >= 0.6 is 0 Å². The Morgan fingerprint density at radius 3 is 2.88 bits per heavy atom. The van der Waals surface area contributed by atoms with Gasteiger partial charge in [-0.15, -0.1) is 0 Å². The SMILES string of the molecule is CCCC#CC(=O)N1CCc2ccc(OCCc3nc(/C=C/CCC)oc3C)cc2C1C(=O)O. The highest BCUT2D eigenvalue weighted by Crippen LogP contribution is 2.33. The Morgan fingerprint density at radius 2 is 2.15 bits per heavy atom. The summed E-state index contributed by atoms with van der Waals surface area (Å²) in [5, 5.41) is 9.89. The van der Waals surface area contributed by atoms with Gasteiger partial charge in [-0.25, -0.2) is 9.78 Å². The molecule has 1 amide bonds. The summed E-state index contributed by atoms with van der Waals surface area (Å²) in [6.07, 6.45) is 8.56. The van der Waals surface area contributed by atoms with Crippen LogP contribution in [0.3, 0.4) is 0 Å². The molecule has 1 aromatic heterocycles. The minimum atomic E-state index is -1.08. The first-order valence-corrected chi connectivity index (χ1v) is 11.8. The van der Waals surface area contributed by atoms with Crippen molar-refractivity contribution >= 4 is 18.0 Å². The van der Waals surface area contributed by atoms with E-state index in [9.17, 15) is 14.7 Å². The van der Waals surface area contributed by atoms with E-state index < -0.39 is 17.9 Å². The quantitative estimate of drug-likeness (QED) is 0.539. The van der Waals surface area contributed by atoms with Crippen LogP contribution in [0.2, 0.25) is 0 Å². The number of allylic oxidation sites excluding steroid dienone is 1. The fraction of sp³-hybridized carbons (Fsp3) is 0.444. The third-order valence-corrected chi connectivity index (χ3v) is 5.64. The summed E-state index contributed by atoms with van der Waals surface area (Å²) in [6.45, 7) is 6.66. The molecule has 34 heavy (non-hydrogen) atoms. The second kappa shape index (κ2) is 12.1. The molecule has 2 heterocycles. The number of aromatic nitrogens is 1. The van der Waals surface area contributed by atoms with Gasteiger partial charge >= 0.3 is 5.97 Å². The number of carbonyl (C=O) groups excluding carboxylic acids is 1. The van der Waals surface area contributed by atoms with E-state index in [1.165, 1.54) is 4.90 Å². The largest absolute Gasteiger partial charge is 0.493 e. The number of nitrogens with zero attached hydrogens (tertiary/aromatic N) is 2. The Bertz CT molecular complexity index is 1110. The lowest BCUT2D eigenvalue weighted by atomic mass is 9.92. The highest BCUT2D eigenvalue weighted by Gasteiger charge is 2.35. The summed E-state index contributed by atoms with van der Waals surface area (Å²) >= 11 is 0. The predicted molar refractivity (Wildman–Crippen MR) is 129 cm³/mol. The summed E-state index contributed by atoms with van der Waals surface area (Å²) in [5.41, 5.74) is 2.31. The molecule has 2 aromatic rings. The zero-order valence-electron chi connectivity index (χ0n) is 20.1. The molecule has 7 nitrogen and oxygen atoms in total. The molecule has 1 N–H and O–H groups in total. The zero-order valence-corrected chi connectivity index (χ0v) is 20.1. The van der Waals surface area contributed by atoms with Gasteiger partial charge in [-0.3, -0.25) is 4.79 Å². The van der Waals surface area contributed by atoms with Gasteiger partial charge in [-0.1, -0.05) is 38.3 Å². The molecule has 0 spiro atoms. The van der Waals surface area contributed by atoms with Gasteiger partial charge < -0.3 is 19.2 Å². The van der Waals surface area contributed by atoms with Crippen LogP contribution in [0.5, 0.6) is 5.75 Å². The Kier molecular flexibility index (Phi) is 8.92. The number of ether oxygens (including phenoxy) is 1. The van der Waals surface area contributed by atoms with Crippen molar-refractivity contribution in [3.05, 3.63) is 52.7 Å². The molecule has 1 aliphatic rings. The van der Waals surface area contributed by atoms with E-state index in [0.29, 0.717) is 49.6 Å². The van der Waals surface area contributed by atoms with E-state index in [1.807, 2.05) is 38.1 Å². The van der Waals surface area contributed by atoms with Crippen molar-refractivity contribution in [2.45, 2.75) is 65.3 Å². The topological polar surface area (TPSA) is 92.9 Å². The summed E-state index contributed by atoms with van der Waals surface area (Å²) in [4.78, 5) is 30.5. The van der Waals surface area contributed by atoms with Crippen LogP contribution in [0.25, 0.3) is 6.08 Å².